The Labute approximate surface area is 147 Å². The van der Waals surface area contributed by atoms with Gasteiger partial charge in [0.2, 0.25) is 0 Å². The molecule has 1 aliphatic rings. The lowest BCUT2D eigenvalue weighted by molar-refractivity contribution is -0.385. The van der Waals surface area contributed by atoms with Crippen molar-refractivity contribution in [1.82, 2.24) is 0 Å². The van der Waals surface area contributed by atoms with Crippen molar-refractivity contribution in [2.45, 2.75) is 25.4 Å². The number of hydrogen-bond acceptors (Lipinski definition) is 4. The SMILES string of the molecule is O=[N+]([O-])c1cc(C(F)(F)F)ccc1CCc1ccc2c(c1)OCCCO2. The number of nitrogens with zero attached hydrogens (tertiary/aromatic N) is 1. The highest BCUT2D eigenvalue weighted by Gasteiger charge is 2.32. The number of nitro benzene ring substituents is 1. The third-order valence-corrected chi connectivity index (χ3v) is 4.10. The number of rotatable bonds is 4. The molecule has 26 heavy (non-hydrogen) atoms. The summed E-state index contributed by atoms with van der Waals surface area (Å²) in [6.45, 7) is 1.12. The van der Waals surface area contributed by atoms with Crippen LogP contribution in [0.5, 0.6) is 11.5 Å². The lowest BCUT2D eigenvalue weighted by atomic mass is 10.0. The normalized spacial score (nSPS) is 14.0. The van der Waals surface area contributed by atoms with Gasteiger partial charge in [0.15, 0.2) is 11.5 Å². The van der Waals surface area contributed by atoms with Crippen LogP contribution >= 0.6 is 0 Å². The highest BCUT2D eigenvalue weighted by Crippen LogP contribution is 2.34. The number of aryl methyl sites for hydroxylation is 2. The molecule has 0 unspecified atom stereocenters. The fourth-order valence-electron chi connectivity index (χ4n) is 2.76. The van der Waals surface area contributed by atoms with Gasteiger partial charge < -0.3 is 9.47 Å². The highest BCUT2D eigenvalue weighted by molar-refractivity contribution is 5.46. The molecular formula is C18H16F3NO4. The molecule has 8 heteroatoms. The number of hydrogen-bond donors (Lipinski definition) is 0. The topological polar surface area (TPSA) is 61.6 Å². The van der Waals surface area contributed by atoms with Crippen molar-refractivity contribution < 1.29 is 27.6 Å². The Morgan fingerprint density at radius 2 is 1.73 bits per heavy atom. The van der Waals surface area contributed by atoms with Crippen molar-refractivity contribution in [2.24, 2.45) is 0 Å². The molecular weight excluding hydrogens is 351 g/mol. The van der Waals surface area contributed by atoms with Crippen molar-refractivity contribution in [2.75, 3.05) is 13.2 Å². The maximum absolute atomic E-state index is 12.8. The van der Waals surface area contributed by atoms with Crippen LogP contribution in [-0.2, 0) is 19.0 Å². The Kier molecular flexibility index (Phi) is 5.01. The number of nitro groups is 1. The van der Waals surface area contributed by atoms with Gasteiger partial charge in [-0.2, -0.15) is 13.2 Å². The van der Waals surface area contributed by atoms with E-state index in [0.717, 1.165) is 18.1 Å². The van der Waals surface area contributed by atoms with Crippen LogP contribution in [-0.4, -0.2) is 18.1 Å². The lowest BCUT2D eigenvalue weighted by Gasteiger charge is -2.11. The molecule has 0 radical (unpaired) electrons. The molecule has 1 heterocycles. The number of alkyl halides is 3. The molecule has 0 spiro atoms. The first-order valence-electron chi connectivity index (χ1n) is 8.07. The van der Waals surface area contributed by atoms with Crippen molar-refractivity contribution in [3.63, 3.8) is 0 Å². The van der Waals surface area contributed by atoms with Gasteiger partial charge in [-0.25, -0.2) is 0 Å². The van der Waals surface area contributed by atoms with E-state index in [1.807, 2.05) is 6.07 Å². The van der Waals surface area contributed by atoms with Crippen LogP contribution in [0.1, 0.15) is 23.1 Å². The zero-order chi connectivity index (χ0) is 18.7. The minimum atomic E-state index is -4.61. The highest BCUT2D eigenvalue weighted by atomic mass is 19.4. The van der Waals surface area contributed by atoms with Crippen molar-refractivity contribution in [3.8, 4) is 11.5 Å². The average molecular weight is 367 g/mol. The zero-order valence-electron chi connectivity index (χ0n) is 13.7. The van der Waals surface area contributed by atoms with Crippen LogP contribution in [0.2, 0.25) is 0 Å². The molecule has 5 nitrogen and oxygen atoms in total. The first kappa shape index (κ1) is 18.0. The summed E-state index contributed by atoms with van der Waals surface area (Å²) in [4.78, 5) is 10.4. The zero-order valence-corrected chi connectivity index (χ0v) is 13.7. The van der Waals surface area contributed by atoms with E-state index in [1.54, 1.807) is 12.1 Å². The average Bonchev–Trinajstić information content (AvgIpc) is 2.83. The van der Waals surface area contributed by atoms with E-state index in [9.17, 15) is 23.3 Å². The maximum atomic E-state index is 12.8. The molecule has 3 rings (SSSR count). The smallest absolute Gasteiger partial charge is 0.416 e. The number of fused-ring (bicyclic) bond motifs is 1. The quantitative estimate of drug-likeness (QED) is 0.587. The first-order chi connectivity index (χ1) is 12.3. The van der Waals surface area contributed by atoms with E-state index < -0.39 is 22.4 Å². The van der Waals surface area contributed by atoms with Crippen molar-refractivity contribution >= 4 is 5.69 Å². The van der Waals surface area contributed by atoms with E-state index in [1.165, 1.54) is 6.07 Å². The monoisotopic (exact) mass is 367 g/mol. The molecule has 0 saturated carbocycles. The predicted octanol–water partition coefficient (Wildman–Crippen LogP) is 4.56. The van der Waals surface area contributed by atoms with Gasteiger partial charge in [0.05, 0.1) is 23.7 Å². The van der Waals surface area contributed by atoms with Gasteiger partial charge in [-0.05, 0) is 36.6 Å². The van der Waals surface area contributed by atoms with E-state index in [2.05, 4.69) is 0 Å². The van der Waals surface area contributed by atoms with Crippen LogP contribution in [0, 0.1) is 10.1 Å². The fourth-order valence-corrected chi connectivity index (χ4v) is 2.76. The lowest BCUT2D eigenvalue weighted by Crippen LogP contribution is -2.07. The second-order valence-corrected chi connectivity index (χ2v) is 5.93. The van der Waals surface area contributed by atoms with Crippen molar-refractivity contribution in [1.29, 1.82) is 0 Å². The summed E-state index contributed by atoms with van der Waals surface area (Å²) in [5.41, 5.74) is -0.420. The van der Waals surface area contributed by atoms with Gasteiger partial charge in [-0.15, -0.1) is 0 Å². The molecule has 0 bridgehead atoms. The molecule has 0 saturated heterocycles. The van der Waals surface area contributed by atoms with E-state index >= 15 is 0 Å². The molecule has 0 amide bonds. The summed E-state index contributed by atoms with van der Waals surface area (Å²) >= 11 is 0. The van der Waals surface area contributed by atoms with Crippen LogP contribution < -0.4 is 9.47 Å². The molecule has 1 aliphatic heterocycles. The van der Waals surface area contributed by atoms with Gasteiger partial charge in [-0.3, -0.25) is 10.1 Å². The van der Waals surface area contributed by atoms with Gasteiger partial charge in [0, 0.05) is 18.1 Å². The minimum absolute atomic E-state index is 0.244. The van der Waals surface area contributed by atoms with Crippen LogP contribution in [0.15, 0.2) is 36.4 Å². The summed E-state index contributed by atoms with van der Waals surface area (Å²) in [6, 6.07) is 8.03. The first-order valence-corrected chi connectivity index (χ1v) is 8.07. The van der Waals surface area contributed by atoms with Gasteiger partial charge in [-0.1, -0.05) is 12.1 Å². The molecule has 0 aliphatic carbocycles. The molecule has 2 aromatic rings. The van der Waals surface area contributed by atoms with Gasteiger partial charge in [0.25, 0.3) is 5.69 Å². The summed E-state index contributed by atoms with van der Waals surface area (Å²) in [5.74, 6) is 1.26. The predicted molar refractivity (Wildman–Crippen MR) is 87.6 cm³/mol. The van der Waals surface area contributed by atoms with Crippen molar-refractivity contribution in [3.05, 3.63) is 63.2 Å². The Morgan fingerprint density at radius 1 is 1.00 bits per heavy atom. The van der Waals surface area contributed by atoms with Gasteiger partial charge >= 0.3 is 6.18 Å². The number of benzene rings is 2. The number of halogens is 3. The van der Waals surface area contributed by atoms with E-state index in [4.69, 9.17) is 9.47 Å². The molecule has 138 valence electrons. The standard InChI is InChI=1S/C18H16F3NO4/c19-18(20,21)14-6-5-13(15(11-14)22(23)24)4-2-12-3-7-16-17(10-12)26-9-1-8-25-16/h3,5-7,10-11H,1-2,4,8-9H2. The van der Waals surface area contributed by atoms with Gasteiger partial charge in [0.1, 0.15) is 0 Å². The minimum Gasteiger partial charge on any atom is -0.490 e. The Morgan fingerprint density at radius 3 is 2.42 bits per heavy atom. The van der Waals surface area contributed by atoms with E-state index in [0.29, 0.717) is 37.2 Å². The molecule has 0 aromatic heterocycles. The van der Waals surface area contributed by atoms with E-state index in [-0.39, 0.29) is 12.0 Å². The Balaban J connectivity index is 1.79. The third-order valence-electron chi connectivity index (χ3n) is 4.10. The van der Waals surface area contributed by atoms with Crippen LogP contribution in [0.4, 0.5) is 18.9 Å². The fraction of sp³-hybridized carbons (Fsp3) is 0.333. The third kappa shape index (κ3) is 4.07. The number of ether oxygens (including phenoxy) is 2. The second-order valence-electron chi connectivity index (χ2n) is 5.93. The summed E-state index contributed by atoms with van der Waals surface area (Å²) in [5, 5.41) is 11.1. The largest absolute Gasteiger partial charge is 0.490 e. The summed E-state index contributed by atoms with van der Waals surface area (Å²) < 4.78 is 49.4. The molecule has 2 aromatic carbocycles. The Hall–Kier alpha value is -2.77. The Bertz CT molecular complexity index is 821. The second kappa shape index (κ2) is 7.23. The maximum Gasteiger partial charge on any atom is 0.416 e. The molecule has 0 atom stereocenters. The molecule has 0 fully saturated rings. The van der Waals surface area contributed by atoms with Crippen LogP contribution in [0.25, 0.3) is 0 Å². The van der Waals surface area contributed by atoms with Crippen LogP contribution in [0.3, 0.4) is 0 Å². The summed E-state index contributed by atoms with van der Waals surface area (Å²) in [6.07, 6.45) is -3.16. The summed E-state index contributed by atoms with van der Waals surface area (Å²) in [7, 11) is 0. The molecule has 0 N–H and O–H groups in total.